The number of likely N-dealkylation sites (tertiary alicyclic amines) is 1. The number of pyridine rings is 1. The minimum atomic E-state index is -0.0437. The topological polar surface area (TPSA) is 77.0 Å². The lowest BCUT2D eigenvalue weighted by Gasteiger charge is -2.38. The Bertz CT molecular complexity index is 1410. The summed E-state index contributed by atoms with van der Waals surface area (Å²) in [4.78, 5) is 22.2. The zero-order valence-corrected chi connectivity index (χ0v) is 19.2. The summed E-state index contributed by atoms with van der Waals surface area (Å²) in [5.74, 6) is 2.11. The molecule has 1 aliphatic heterocycles. The van der Waals surface area contributed by atoms with Crippen LogP contribution in [0, 0.1) is 0 Å². The van der Waals surface area contributed by atoms with Crippen LogP contribution in [-0.4, -0.2) is 43.6 Å². The lowest BCUT2D eigenvalue weighted by molar-refractivity contribution is -0.131. The van der Waals surface area contributed by atoms with E-state index in [0.29, 0.717) is 24.9 Å². The molecule has 7 nitrogen and oxygen atoms in total. The number of oxazole rings is 1. The Balaban J connectivity index is 1.30. The van der Waals surface area contributed by atoms with Gasteiger partial charge in [-0.1, -0.05) is 24.8 Å². The molecule has 0 N–H and O–H groups in total. The van der Waals surface area contributed by atoms with E-state index in [0.717, 1.165) is 33.7 Å². The van der Waals surface area contributed by atoms with Crippen LogP contribution in [-0.2, 0) is 4.79 Å². The second-order valence-corrected chi connectivity index (χ2v) is 9.04. The van der Waals surface area contributed by atoms with E-state index >= 15 is 0 Å². The maximum Gasteiger partial charge on any atom is 0.246 e. The number of carbonyl (C=O) groups excluding carboxylic acids is 1. The number of rotatable bonds is 7. The van der Waals surface area contributed by atoms with E-state index in [1.54, 1.807) is 17.3 Å². The fraction of sp³-hybridized carbons (Fsp3) is 0.214. The standard InChI is InChI=1S/C28H25N5O2/c1-2-27(34)32-16-23(17-32)33-18-24(20-10-12-29-13-11-20)28(31-33)22-5-3-4-19(14-22)6-9-26-30-15-25(35-26)21-7-8-21/h2-6,9-15,18,21,23H,1,7-8,16-17H2/b9-6+. The normalized spacial score (nSPS) is 15.9. The fourth-order valence-corrected chi connectivity index (χ4v) is 4.36. The molecule has 0 unspecified atom stereocenters. The Labute approximate surface area is 203 Å². The van der Waals surface area contributed by atoms with Crippen molar-refractivity contribution in [3.8, 4) is 22.4 Å². The molecule has 1 saturated heterocycles. The molecular weight excluding hydrogens is 438 g/mol. The van der Waals surface area contributed by atoms with E-state index in [2.05, 4.69) is 40.9 Å². The summed E-state index contributed by atoms with van der Waals surface area (Å²) in [6.07, 6.45) is 15.1. The second kappa shape index (κ2) is 8.83. The molecule has 174 valence electrons. The second-order valence-electron chi connectivity index (χ2n) is 9.04. The number of hydrogen-bond acceptors (Lipinski definition) is 5. The number of nitrogens with zero attached hydrogens (tertiary/aromatic N) is 5. The predicted molar refractivity (Wildman–Crippen MR) is 134 cm³/mol. The van der Waals surface area contributed by atoms with Crippen molar-refractivity contribution in [2.24, 2.45) is 0 Å². The molecule has 1 saturated carbocycles. The summed E-state index contributed by atoms with van der Waals surface area (Å²) < 4.78 is 7.83. The van der Waals surface area contributed by atoms with E-state index < -0.39 is 0 Å². The van der Waals surface area contributed by atoms with Crippen molar-refractivity contribution in [1.29, 1.82) is 0 Å². The van der Waals surface area contributed by atoms with Crippen molar-refractivity contribution in [1.82, 2.24) is 24.6 Å². The molecule has 6 rings (SSSR count). The quantitative estimate of drug-likeness (QED) is 0.351. The van der Waals surface area contributed by atoms with Gasteiger partial charge in [-0.15, -0.1) is 0 Å². The predicted octanol–water partition coefficient (Wildman–Crippen LogP) is 5.22. The van der Waals surface area contributed by atoms with Crippen LogP contribution in [0.5, 0.6) is 0 Å². The van der Waals surface area contributed by atoms with E-state index in [4.69, 9.17) is 9.52 Å². The van der Waals surface area contributed by atoms with Crippen LogP contribution in [0.25, 0.3) is 34.5 Å². The molecule has 1 aliphatic carbocycles. The number of benzene rings is 1. The zero-order valence-electron chi connectivity index (χ0n) is 19.2. The zero-order chi connectivity index (χ0) is 23.8. The monoisotopic (exact) mass is 463 g/mol. The van der Waals surface area contributed by atoms with Crippen molar-refractivity contribution in [3.63, 3.8) is 0 Å². The van der Waals surface area contributed by atoms with E-state index in [1.165, 1.54) is 18.9 Å². The van der Waals surface area contributed by atoms with Gasteiger partial charge in [0.15, 0.2) is 0 Å². The Hall–Kier alpha value is -4.26. The van der Waals surface area contributed by atoms with Gasteiger partial charge in [0.05, 0.1) is 12.2 Å². The molecule has 35 heavy (non-hydrogen) atoms. The van der Waals surface area contributed by atoms with E-state index in [1.807, 2.05) is 41.2 Å². The van der Waals surface area contributed by atoms with Gasteiger partial charge in [-0.2, -0.15) is 5.10 Å². The van der Waals surface area contributed by atoms with Crippen molar-refractivity contribution in [3.05, 3.63) is 91.1 Å². The number of carbonyl (C=O) groups is 1. The first-order chi connectivity index (χ1) is 17.2. The molecule has 1 aromatic carbocycles. The summed E-state index contributed by atoms with van der Waals surface area (Å²) in [5, 5.41) is 4.97. The molecule has 4 heterocycles. The van der Waals surface area contributed by atoms with Gasteiger partial charge in [0, 0.05) is 54.8 Å². The van der Waals surface area contributed by atoms with Gasteiger partial charge in [0.2, 0.25) is 11.8 Å². The lowest BCUT2D eigenvalue weighted by Crippen LogP contribution is -2.50. The summed E-state index contributed by atoms with van der Waals surface area (Å²) in [5.41, 5.74) is 5.03. The molecule has 0 spiro atoms. The number of amides is 1. The summed E-state index contributed by atoms with van der Waals surface area (Å²) >= 11 is 0. The van der Waals surface area contributed by atoms with Crippen LogP contribution >= 0.6 is 0 Å². The highest BCUT2D eigenvalue weighted by Crippen LogP contribution is 2.40. The Morgan fingerprint density at radius 2 is 1.91 bits per heavy atom. The molecule has 0 bridgehead atoms. The van der Waals surface area contributed by atoms with Crippen molar-refractivity contribution in [2.45, 2.75) is 24.8 Å². The Morgan fingerprint density at radius 1 is 1.09 bits per heavy atom. The van der Waals surface area contributed by atoms with E-state index in [-0.39, 0.29) is 11.9 Å². The lowest BCUT2D eigenvalue weighted by atomic mass is 10.0. The third-order valence-electron chi connectivity index (χ3n) is 6.55. The first-order valence-corrected chi connectivity index (χ1v) is 11.8. The van der Waals surface area contributed by atoms with Gasteiger partial charge >= 0.3 is 0 Å². The first-order valence-electron chi connectivity index (χ1n) is 11.8. The average molecular weight is 464 g/mol. The highest BCUT2D eigenvalue weighted by Gasteiger charge is 2.32. The number of hydrogen-bond donors (Lipinski definition) is 0. The van der Waals surface area contributed by atoms with Crippen molar-refractivity contribution < 1.29 is 9.21 Å². The van der Waals surface area contributed by atoms with Gasteiger partial charge in [-0.05, 0) is 54.3 Å². The third kappa shape index (κ3) is 4.33. The molecule has 1 amide bonds. The van der Waals surface area contributed by atoms with Gasteiger partial charge in [-0.3, -0.25) is 14.5 Å². The molecule has 4 aromatic rings. The van der Waals surface area contributed by atoms with Gasteiger partial charge in [0.25, 0.3) is 0 Å². The van der Waals surface area contributed by atoms with Crippen LogP contribution in [0.3, 0.4) is 0 Å². The van der Waals surface area contributed by atoms with Crippen LogP contribution in [0.1, 0.15) is 42.0 Å². The minimum Gasteiger partial charge on any atom is -0.442 e. The maximum atomic E-state index is 11.9. The van der Waals surface area contributed by atoms with Crippen LogP contribution < -0.4 is 0 Å². The van der Waals surface area contributed by atoms with Crippen molar-refractivity contribution >= 4 is 18.1 Å². The SMILES string of the molecule is C=CC(=O)N1CC(n2cc(-c3ccncc3)c(-c3cccc(/C=C/c4ncc(C5CC5)o4)c3)n2)C1. The Morgan fingerprint density at radius 3 is 2.69 bits per heavy atom. The molecule has 3 aromatic heterocycles. The molecule has 0 atom stereocenters. The molecule has 2 aliphatic rings. The van der Waals surface area contributed by atoms with Gasteiger partial charge < -0.3 is 9.32 Å². The fourth-order valence-electron chi connectivity index (χ4n) is 4.36. The number of aromatic nitrogens is 4. The minimum absolute atomic E-state index is 0.0437. The van der Waals surface area contributed by atoms with E-state index in [9.17, 15) is 4.79 Å². The van der Waals surface area contributed by atoms with Crippen LogP contribution in [0.15, 0.2) is 78.3 Å². The Kier molecular flexibility index (Phi) is 5.37. The maximum absolute atomic E-state index is 11.9. The van der Waals surface area contributed by atoms with Crippen molar-refractivity contribution in [2.75, 3.05) is 13.1 Å². The average Bonchev–Trinajstić information content (AvgIpc) is 3.45. The highest BCUT2D eigenvalue weighted by atomic mass is 16.4. The highest BCUT2D eigenvalue weighted by molar-refractivity contribution is 5.87. The third-order valence-corrected chi connectivity index (χ3v) is 6.55. The first kappa shape index (κ1) is 21.3. The summed E-state index contributed by atoms with van der Waals surface area (Å²) in [6, 6.07) is 12.4. The van der Waals surface area contributed by atoms with Gasteiger partial charge in [-0.25, -0.2) is 4.98 Å². The molecule has 2 fully saturated rings. The smallest absolute Gasteiger partial charge is 0.246 e. The van der Waals surface area contributed by atoms with Crippen LogP contribution in [0.2, 0.25) is 0 Å². The van der Waals surface area contributed by atoms with Gasteiger partial charge in [0.1, 0.15) is 11.5 Å². The summed E-state index contributed by atoms with van der Waals surface area (Å²) in [6.45, 7) is 4.84. The molecular formula is C28H25N5O2. The molecule has 7 heteroatoms. The molecule has 0 radical (unpaired) electrons. The summed E-state index contributed by atoms with van der Waals surface area (Å²) in [7, 11) is 0. The largest absolute Gasteiger partial charge is 0.442 e. The van der Waals surface area contributed by atoms with Crippen LogP contribution in [0.4, 0.5) is 0 Å².